The van der Waals surface area contributed by atoms with Crippen molar-refractivity contribution in [1.82, 2.24) is 9.88 Å². The average molecular weight is 376 g/mol. The Labute approximate surface area is 143 Å². The molecule has 1 aromatic carbocycles. The number of rotatable bonds is 6. The molecule has 0 saturated carbocycles. The first kappa shape index (κ1) is 17.1. The van der Waals surface area contributed by atoms with Crippen molar-refractivity contribution < 1.29 is 9.59 Å². The van der Waals surface area contributed by atoms with Gasteiger partial charge in [-0.15, -0.1) is 0 Å². The van der Waals surface area contributed by atoms with E-state index in [1.54, 1.807) is 17.3 Å². The van der Waals surface area contributed by atoms with Crippen LogP contribution in [0, 0.1) is 0 Å². The highest BCUT2D eigenvalue weighted by Crippen LogP contribution is 2.21. The van der Waals surface area contributed by atoms with Crippen molar-refractivity contribution in [1.29, 1.82) is 0 Å². The van der Waals surface area contributed by atoms with Crippen LogP contribution in [0.25, 0.3) is 0 Å². The van der Waals surface area contributed by atoms with Crippen molar-refractivity contribution in [3.8, 4) is 0 Å². The Hall–Kier alpha value is -2.21. The monoisotopic (exact) mass is 375 g/mol. The molecule has 1 aromatic heterocycles. The fourth-order valence-corrected chi connectivity index (χ4v) is 2.46. The smallest absolute Gasteiger partial charge is 0.226 e. The third-order valence-corrected chi connectivity index (χ3v) is 3.99. The fraction of sp³-hybridized carbons (Fsp3) is 0.235. The first-order valence-electron chi connectivity index (χ1n) is 7.25. The minimum atomic E-state index is -0.130. The highest BCUT2D eigenvalue weighted by molar-refractivity contribution is 9.10. The number of benzene rings is 1. The Kier molecular flexibility index (Phi) is 6.29. The molecule has 120 valence electrons. The van der Waals surface area contributed by atoms with E-state index in [1.165, 1.54) is 6.92 Å². The molecule has 0 aliphatic carbocycles. The number of carbonyl (C=O) groups is 2. The molecule has 0 atom stereocenters. The van der Waals surface area contributed by atoms with Gasteiger partial charge in [0, 0.05) is 43.3 Å². The quantitative estimate of drug-likeness (QED) is 0.842. The maximum atomic E-state index is 12.1. The summed E-state index contributed by atoms with van der Waals surface area (Å²) >= 11 is 3.39. The predicted octanol–water partition coefficient (Wildman–Crippen LogP) is 3.22. The summed E-state index contributed by atoms with van der Waals surface area (Å²) < 4.78 is 0.826. The summed E-state index contributed by atoms with van der Waals surface area (Å²) in [6, 6.07) is 11.1. The molecule has 5 nitrogen and oxygen atoms in total. The van der Waals surface area contributed by atoms with Crippen molar-refractivity contribution in [2.24, 2.45) is 0 Å². The van der Waals surface area contributed by atoms with Gasteiger partial charge in [0.25, 0.3) is 0 Å². The molecule has 2 amide bonds. The van der Waals surface area contributed by atoms with E-state index in [-0.39, 0.29) is 18.2 Å². The first-order valence-corrected chi connectivity index (χ1v) is 8.04. The Morgan fingerprint density at radius 3 is 2.65 bits per heavy atom. The van der Waals surface area contributed by atoms with Gasteiger partial charge in [-0.3, -0.25) is 14.6 Å². The van der Waals surface area contributed by atoms with Gasteiger partial charge in [-0.1, -0.05) is 18.2 Å². The molecule has 0 aliphatic rings. The molecule has 2 aromatic rings. The number of anilines is 1. The van der Waals surface area contributed by atoms with E-state index >= 15 is 0 Å². The summed E-state index contributed by atoms with van der Waals surface area (Å²) in [4.78, 5) is 29.5. The van der Waals surface area contributed by atoms with Gasteiger partial charge in [-0.2, -0.15) is 0 Å². The summed E-state index contributed by atoms with van der Waals surface area (Å²) in [5.74, 6) is -0.197. The Morgan fingerprint density at radius 1 is 1.22 bits per heavy atom. The molecule has 23 heavy (non-hydrogen) atoms. The summed E-state index contributed by atoms with van der Waals surface area (Å²) in [5.41, 5.74) is 1.66. The number of amides is 2. The van der Waals surface area contributed by atoms with Crippen LogP contribution in [-0.2, 0) is 16.1 Å². The lowest BCUT2D eigenvalue weighted by atomic mass is 10.2. The second-order valence-corrected chi connectivity index (χ2v) is 5.93. The highest BCUT2D eigenvalue weighted by Gasteiger charge is 2.12. The number of aromatic nitrogens is 1. The van der Waals surface area contributed by atoms with E-state index < -0.39 is 0 Å². The van der Waals surface area contributed by atoms with Crippen LogP contribution in [0.5, 0.6) is 0 Å². The molecule has 0 unspecified atom stereocenters. The summed E-state index contributed by atoms with van der Waals surface area (Å²) in [6.45, 7) is 2.31. The molecular formula is C17H18BrN3O2. The third kappa shape index (κ3) is 5.49. The van der Waals surface area contributed by atoms with Gasteiger partial charge in [0.15, 0.2) is 0 Å². The average Bonchev–Trinajstić information content (AvgIpc) is 2.54. The third-order valence-electron chi connectivity index (χ3n) is 3.30. The molecule has 0 aliphatic heterocycles. The molecule has 1 N–H and O–H groups in total. The normalized spacial score (nSPS) is 10.2. The number of halogens is 1. The number of hydrogen-bond donors (Lipinski definition) is 1. The van der Waals surface area contributed by atoms with Crippen molar-refractivity contribution in [2.45, 2.75) is 19.9 Å². The SMILES string of the molecule is CC(=O)N(CCC(=O)Nc1ccccc1Br)Cc1cccnc1. The van der Waals surface area contributed by atoms with Crippen LogP contribution in [-0.4, -0.2) is 28.2 Å². The van der Waals surface area contributed by atoms with E-state index in [1.807, 2.05) is 36.4 Å². The maximum Gasteiger partial charge on any atom is 0.226 e. The fourth-order valence-electron chi connectivity index (χ4n) is 2.07. The molecule has 0 radical (unpaired) electrons. The largest absolute Gasteiger partial charge is 0.338 e. The van der Waals surface area contributed by atoms with E-state index in [4.69, 9.17) is 0 Å². The first-order chi connectivity index (χ1) is 11.1. The topological polar surface area (TPSA) is 62.3 Å². The van der Waals surface area contributed by atoms with Gasteiger partial charge in [0.05, 0.1) is 5.69 Å². The number of nitrogens with zero attached hydrogens (tertiary/aromatic N) is 2. The van der Waals surface area contributed by atoms with E-state index in [0.29, 0.717) is 13.1 Å². The standard InChI is InChI=1S/C17H18BrN3O2/c1-13(22)21(12-14-5-4-9-19-11-14)10-8-17(23)20-16-7-3-2-6-15(16)18/h2-7,9,11H,8,10,12H2,1H3,(H,20,23). The van der Waals surface area contributed by atoms with Crippen LogP contribution < -0.4 is 5.32 Å². The van der Waals surface area contributed by atoms with Gasteiger partial charge in [-0.25, -0.2) is 0 Å². The maximum absolute atomic E-state index is 12.1. The molecule has 1 heterocycles. The molecule has 0 spiro atoms. The van der Waals surface area contributed by atoms with Crippen LogP contribution in [0.2, 0.25) is 0 Å². The molecule has 0 bridgehead atoms. The summed E-state index contributed by atoms with van der Waals surface area (Å²) in [7, 11) is 0. The van der Waals surface area contributed by atoms with Gasteiger partial charge in [0.1, 0.15) is 0 Å². The molecule has 2 rings (SSSR count). The van der Waals surface area contributed by atoms with Gasteiger partial charge in [0.2, 0.25) is 11.8 Å². The molecular weight excluding hydrogens is 358 g/mol. The minimum absolute atomic E-state index is 0.0671. The second-order valence-electron chi connectivity index (χ2n) is 5.08. The molecule has 6 heteroatoms. The van der Waals surface area contributed by atoms with Crippen LogP contribution in [0.3, 0.4) is 0 Å². The number of carbonyl (C=O) groups excluding carboxylic acids is 2. The van der Waals surface area contributed by atoms with Crippen LogP contribution in [0.15, 0.2) is 53.3 Å². The summed E-state index contributed by atoms with van der Waals surface area (Å²) in [6.07, 6.45) is 3.64. The number of hydrogen-bond acceptors (Lipinski definition) is 3. The van der Waals surface area contributed by atoms with Crippen molar-refractivity contribution in [2.75, 3.05) is 11.9 Å². The van der Waals surface area contributed by atoms with Crippen LogP contribution in [0.1, 0.15) is 18.9 Å². The van der Waals surface area contributed by atoms with Gasteiger partial charge < -0.3 is 10.2 Å². The Balaban J connectivity index is 1.90. The minimum Gasteiger partial charge on any atom is -0.338 e. The van der Waals surface area contributed by atoms with Crippen molar-refractivity contribution >= 4 is 33.4 Å². The van der Waals surface area contributed by atoms with Crippen molar-refractivity contribution in [3.63, 3.8) is 0 Å². The Bertz CT molecular complexity index is 677. The van der Waals surface area contributed by atoms with Gasteiger partial charge >= 0.3 is 0 Å². The summed E-state index contributed by atoms with van der Waals surface area (Å²) in [5, 5.41) is 2.83. The zero-order valence-electron chi connectivity index (χ0n) is 12.8. The van der Waals surface area contributed by atoms with Gasteiger partial charge in [-0.05, 0) is 39.7 Å². The number of nitrogens with one attached hydrogen (secondary N) is 1. The zero-order valence-corrected chi connectivity index (χ0v) is 14.4. The van der Waals surface area contributed by atoms with Crippen LogP contribution in [0.4, 0.5) is 5.69 Å². The zero-order chi connectivity index (χ0) is 16.7. The second kappa shape index (κ2) is 8.43. The van der Waals surface area contributed by atoms with E-state index in [2.05, 4.69) is 26.2 Å². The Morgan fingerprint density at radius 2 is 2.00 bits per heavy atom. The highest BCUT2D eigenvalue weighted by atomic mass is 79.9. The molecule has 0 saturated heterocycles. The van der Waals surface area contributed by atoms with E-state index in [9.17, 15) is 9.59 Å². The van der Waals surface area contributed by atoms with Crippen molar-refractivity contribution in [3.05, 3.63) is 58.8 Å². The lowest BCUT2D eigenvalue weighted by molar-refractivity contribution is -0.129. The van der Waals surface area contributed by atoms with Crippen LogP contribution >= 0.6 is 15.9 Å². The number of pyridine rings is 1. The molecule has 0 fully saturated rings. The lowest BCUT2D eigenvalue weighted by Gasteiger charge is -2.20. The lowest BCUT2D eigenvalue weighted by Crippen LogP contribution is -2.31. The number of para-hydroxylation sites is 1. The van der Waals surface area contributed by atoms with E-state index in [0.717, 1.165) is 15.7 Å². The predicted molar refractivity (Wildman–Crippen MR) is 92.7 cm³/mol.